The number of amides is 1. The minimum atomic E-state index is -0.230. The first-order valence-corrected chi connectivity index (χ1v) is 9.98. The molecular formula is C23H24N4O3. The smallest absolute Gasteiger partial charge is 0.252 e. The van der Waals surface area contributed by atoms with Gasteiger partial charge in [0.1, 0.15) is 0 Å². The first-order valence-electron chi connectivity index (χ1n) is 9.98. The van der Waals surface area contributed by atoms with Gasteiger partial charge in [-0.2, -0.15) is 0 Å². The van der Waals surface area contributed by atoms with E-state index in [-0.39, 0.29) is 17.5 Å². The zero-order chi connectivity index (χ0) is 21.4. The second-order valence-electron chi connectivity index (χ2n) is 7.82. The fourth-order valence-corrected chi connectivity index (χ4v) is 3.97. The predicted molar refractivity (Wildman–Crippen MR) is 115 cm³/mol. The molecule has 7 heteroatoms. The second kappa shape index (κ2) is 7.93. The van der Waals surface area contributed by atoms with E-state index >= 15 is 0 Å². The molecule has 0 bridgehead atoms. The van der Waals surface area contributed by atoms with Crippen molar-refractivity contribution < 1.29 is 14.4 Å². The zero-order valence-corrected chi connectivity index (χ0v) is 17.3. The van der Waals surface area contributed by atoms with Gasteiger partial charge < -0.3 is 15.5 Å². The van der Waals surface area contributed by atoms with Gasteiger partial charge in [0.25, 0.3) is 5.91 Å². The number of hydrogen-bond donors (Lipinski definition) is 2. The maximum atomic E-state index is 13.4. The Morgan fingerprint density at radius 3 is 2.60 bits per heavy atom. The molecule has 4 rings (SSSR count). The van der Waals surface area contributed by atoms with Crippen LogP contribution in [0, 0.1) is 0 Å². The number of nitrogens with zero attached hydrogens (tertiary/aromatic N) is 2. The van der Waals surface area contributed by atoms with Crippen molar-refractivity contribution in [3.05, 3.63) is 69.1 Å². The average molecular weight is 404 g/mol. The summed E-state index contributed by atoms with van der Waals surface area (Å²) >= 11 is 0. The summed E-state index contributed by atoms with van der Waals surface area (Å²) in [6.07, 6.45) is 9.52. The maximum Gasteiger partial charge on any atom is 0.252 e. The molecule has 0 saturated heterocycles. The Morgan fingerprint density at radius 2 is 1.87 bits per heavy atom. The molecule has 0 spiro atoms. The van der Waals surface area contributed by atoms with Gasteiger partial charge in [-0.3, -0.25) is 19.4 Å². The zero-order valence-electron chi connectivity index (χ0n) is 17.3. The van der Waals surface area contributed by atoms with Gasteiger partial charge in [0.2, 0.25) is 0 Å². The number of fused-ring (bicyclic) bond motifs is 2. The minimum Gasteiger partial charge on any atom is -0.322 e. The average Bonchev–Trinajstić information content (AvgIpc) is 3.28. The van der Waals surface area contributed by atoms with Crippen LogP contribution < -0.4 is 10.6 Å². The molecule has 7 nitrogen and oxygen atoms in total. The van der Waals surface area contributed by atoms with Gasteiger partial charge in [-0.25, -0.2) is 0 Å². The molecule has 0 radical (unpaired) electrons. The minimum absolute atomic E-state index is 0.0910. The molecule has 2 aliphatic carbocycles. The number of rotatable bonds is 7. The summed E-state index contributed by atoms with van der Waals surface area (Å²) in [5, 5.41) is 5.79. The van der Waals surface area contributed by atoms with E-state index in [1.165, 1.54) is 6.08 Å². The first-order chi connectivity index (χ1) is 14.4. The first kappa shape index (κ1) is 20.1. The maximum absolute atomic E-state index is 13.4. The molecule has 0 aromatic carbocycles. The topological polar surface area (TPSA) is 90.9 Å². The van der Waals surface area contributed by atoms with E-state index in [4.69, 9.17) is 0 Å². The molecule has 0 fully saturated rings. The highest BCUT2D eigenvalue weighted by molar-refractivity contribution is 6.24. The molecule has 0 saturated carbocycles. The Bertz CT molecular complexity index is 1080. The molecule has 0 aromatic heterocycles. The number of Topliss-reactive ketones (excluding diaryl/α,β-unsaturated/α-hetero) is 1. The third-order valence-electron chi connectivity index (χ3n) is 5.54. The van der Waals surface area contributed by atoms with Gasteiger partial charge in [-0.15, -0.1) is 0 Å². The fourth-order valence-electron chi connectivity index (χ4n) is 3.97. The van der Waals surface area contributed by atoms with Crippen LogP contribution in [0.3, 0.4) is 0 Å². The highest BCUT2D eigenvalue weighted by atomic mass is 16.2. The summed E-state index contributed by atoms with van der Waals surface area (Å²) in [5.74, 6) is -0.534. The summed E-state index contributed by atoms with van der Waals surface area (Å²) in [7, 11) is 5.76. The lowest BCUT2D eigenvalue weighted by atomic mass is 9.84. The number of ketones is 2. The molecule has 2 aliphatic heterocycles. The Balaban J connectivity index is 1.75. The number of carbonyl (C=O) groups excluding carboxylic acids is 3. The summed E-state index contributed by atoms with van der Waals surface area (Å²) in [6, 6.07) is 0. The Morgan fingerprint density at radius 1 is 1.07 bits per heavy atom. The fraction of sp³-hybridized carbons (Fsp3) is 0.304. The molecule has 2 N–H and O–H groups in total. The summed E-state index contributed by atoms with van der Waals surface area (Å²) in [6.45, 7) is 1.40. The molecular weight excluding hydrogens is 380 g/mol. The number of hydrogen-bond acceptors (Lipinski definition) is 6. The van der Waals surface area contributed by atoms with Gasteiger partial charge in [0, 0.05) is 29.5 Å². The van der Waals surface area contributed by atoms with E-state index in [0.717, 1.165) is 12.1 Å². The molecule has 0 aromatic rings. The van der Waals surface area contributed by atoms with E-state index in [0.29, 0.717) is 58.6 Å². The van der Waals surface area contributed by atoms with E-state index in [9.17, 15) is 14.4 Å². The Labute approximate surface area is 175 Å². The molecule has 2 heterocycles. The van der Waals surface area contributed by atoms with Crippen molar-refractivity contribution >= 4 is 23.7 Å². The van der Waals surface area contributed by atoms with Crippen LogP contribution in [0.2, 0.25) is 0 Å². The molecule has 30 heavy (non-hydrogen) atoms. The normalized spacial score (nSPS) is 20.3. The Kier molecular flexibility index (Phi) is 5.32. The van der Waals surface area contributed by atoms with Crippen molar-refractivity contribution in [2.24, 2.45) is 4.99 Å². The number of nitrogens with one attached hydrogen (secondary N) is 2. The van der Waals surface area contributed by atoms with Crippen LogP contribution in [0.1, 0.15) is 12.8 Å². The lowest BCUT2D eigenvalue weighted by molar-refractivity contribution is -0.116. The lowest BCUT2D eigenvalue weighted by Gasteiger charge is -2.19. The van der Waals surface area contributed by atoms with Crippen LogP contribution in [-0.4, -0.2) is 62.8 Å². The molecule has 0 unspecified atom stereocenters. The van der Waals surface area contributed by atoms with Gasteiger partial charge in [-0.1, -0.05) is 0 Å². The van der Waals surface area contributed by atoms with Gasteiger partial charge >= 0.3 is 0 Å². The molecule has 0 atom stereocenters. The van der Waals surface area contributed by atoms with Crippen molar-refractivity contribution in [3.8, 4) is 0 Å². The Hall–Kier alpha value is -3.16. The van der Waals surface area contributed by atoms with Crippen LogP contribution in [0.4, 0.5) is 0 Å². The van der Waals surface area contributed by atoms with Gasteiger partial charge in [0.15, 0.2) is 11.6 Å². The molecule has 4 aliphatic rings. The molecule has 154 valence electrons. The number of carbonyl (C=O) groups is 3. The SMILES string of the molecule is CNCCC1=C2C(=O)C(C3=C4N=CC(CCN(C)C)=C4C(=O)C=C3)=CC=C2NC1=O. The van der Waals surface area contributed by atoms with E-state index < -0.39 is 0 Å². The van der Waals surface area contributed by atoms with Crippen LogP contribution in [0.25, 0.3) is 0 Å². The van der Waals surface area contributed by atoms with E-state index in [1.54, 1.807) is 31.5 Å². The summed E-state index contributed by atoms with van der Waals surface area (Å²) in [4.78, 5) is 44.9. The third-order valence-corrected chi connectivity index (χ3v) is 5.54. The van der Waals surface area contributed by atoms with Crippen LogP contribution >= 0.6 is 0 Å². The largest absolute Gasteiger partial charge is 0.322 e. The van der Waals surface area contributed by atoms with Crippen molar-refractivity contribution in [1.29, 1.82) is 0 Å². The van der Waals surface area contributed by atoms with Crippen molar-refractivity contribution in [3.63, 3.8) is 0 Å². The van der Waals surface area contributed by atoms with Crippen LogP contribution in [0.15, 0.2) is 74.1 Å². The monoisotopic (exact) mass is 404 g/mol. The number of allylic oxidation sites excluding steroid dienone is 8. The van der Waals surface area contributed by atoms with Gasteiger partial charge in [-0.05, 0) is 70.4 Å². The lowest BCUT2D eigenvalue weighted by Crippen LogP contribution is -2.20. The summed E-state index contributed by atoms with van der Waals surface area (Å²) in [5.41, 5.74) is 4.54. The van der Waals surface area contributed by atoms with Crippen LogP contribution in [0.5, 0.6) is 0 Å². The highest BCUT2D eigenvalue weighted by Gasteiger charge is 2.37. The highest BCUT2D eigenvalue weighted by Crippen LogP contribution is 2.38. The van der Waals surface area contributed by atoms with Gasteiger partial charge in [0.05, 0.1) is 22.5 Å². The second-order valence-corrected chi connectivity index (χ2v) is 7.82. The molecule has 1 amide bonds. The summed E-state index contributed by atoms with van der Waals surface area (Å²) < 4.78 is 0. The van der Waals surface area contributed by atoms with Crippen molar-refractivity contribution in [2.45, 2.75) is 12.8 Å². The van der Waals surface area contributed by atoms with E-state index in [2.05, 4.69) is 20.5 Å². The third kappa shape index (κ3) is 3.36. The standard InChI is InChI=1S/C23H24N4O3/c1-24-10-8-16-20-17(26-23(16)30)6-4-15(22(20)29)14-5-7-18(28)19-13(9-11-27(2)3)12-25-21(14)19/h4-7,12,24H,8-11H2,1-3H3,(H,26,30). The quantitative estimate of drug-likeness (QED) is 0.664. The number of aliphatic imine (C=N–C) groups is 1. The van der Waals surface area contributed by atoms with Crippen molar-refractivity contribution in [2.75, 3.05) is 34.2 Å². The van der Waals surface area contributed by atoms with Crippen molar-refractivity contribution in [1.82, 2.24) is 15.5 Å². The predicted octanol–water partition coefficient (Wildman–Crippen LogP) is 1.14. The van der Waals surface area contributed by atoms with E-state index in [1.807, 2.05) is 14.1 Å². The van der Waals surface area contributed by atoms with Crippen LogP contribution in [-0.2, 0) is 14.4 Å².